The molecule has 0 heterocycles. The summed E-state index contributed by atoms with van der Waals surface area (Å²) in [5.74, 6) is -3.53. The topological polar surface area (TPSA) is 26.0 Å². The van der Waals surface area contributed by atoms with Gasteiger partial charge in [0.25, 0.3) is 0 Å². The van der Waals surface area contributed by atoms with Crippen LogP contribution in [0.25, 0.3) is 0 Å². The third kappa shape index (κ3) is 2.47. The lowest BCUT2D eigenvalue weighted by Gasteiger charge is -2.16. The highest BCUT2D eigenvalue weighted by Crippen LogP contribution is 2.28. The third-order valence-electron chi connectivity index (χ3n) is 2.15. The molecule has 15 heavy (non-hydrogen) atoms. The fraction of sp³-hybridized carbons (Fsp3) is 0.400. The first-order valence-corrected chi connectivity index (χ1v) is 4.41. The molecule has 0 aromatic heterocycles. The Kier molecular flexibility index (Phi) is 3.68. The highest BCUT2D eigenvalue weighted by Gasteiger charge is 2.27. The second-order valence-electron chi connectivity index (χ2n) is 3.32. The van der Waals surface area contributed by atoms with E-state index in [1.54, 1.807) is 0 Å². The number of alkyl halides is 2. The molecule has 2 N–H and O–H groups in total. The van der Waals surface area contributed by atoms with Crippen LogP contribution in [0.3, 0.4) is 0 Å². The first-order chi connectivity index (χ1) is 6.97. The van der Waals surface area contributed by atoms with Crippen LogP contribution in [0.4, 0.5) is 17.6 Å². The maximum atomic E-state index is 13.3. The summed E-state index contributed by atoms with van der Waals surface area (Å²) >= 11 is 0. The number of rotatable bonds is 3. The van der Waals surface area contributed by atoms with E-state index in [4.69, 9.17) is 5.73 Å². The maximum Gasteiger partial charge on any atom is 0.246 e. The molecular formula is C10H11F4N. The molecule has 1 nitrogen and oxygen atoms in total. The van der Waals surface area contributed by atoms with Gasteiger partial charge < -0.3 is 5.73 Å². The minimum Gasteiger partial charge on any atom is -0.330 e. The van der Waals surface area contributed by atoms with Crippen molar-refractivity contribution in [2.45, 2.75) is 19.3 Å². The summed E-state index contributed by atoms with van der Waals surface area (Å²) in [5.41, 5.74) is 4.79. The molecule has 1 aromatic carbocycles. The lowest BCUT2D eigenvalue weighted by atomic mass is 9.97. The molecule has 0 aliphatic heterocycles. The van der Waals surface area contributed by atoms with Crippen molar-refractivity contribution >= 4 is 0 Å². The van der Waals surface area contributed by atoms with Gasteiger partial charge in [0.15, 0.2) is 0 Å². The molecule has 1 atom stereocenters. The molecular weight excluding hydrogens is 210 g/mol. The minimum absolute atomic E-state index is 0.346. The monoisotopic (exact) mass is 221 g/mol. The molecule has 0 amide bonds. The largest absolute Gasteiger partial charge is 0.330 e. The Morgan fingerprint density at radius 1 is 1.20 bits per heavy atom. The van der Waals surface area contributed by atoms with Crippen molar-refractivity contribution in [2.75, 3.05) is 6.54 Å². The number of nitrogens with two attached hydrogens (primary N) is 1. The van der Waals surface area contributed by atoms with Crippen LogP contribution in [0.1, 0.15) is 17.0 Å². The number of benzene rings is 1. The summed E-state index contributed by atoms with van der Waals surface area (Å²) in [6.07, 6.45) is -2.87. The zero-order chi connectivity index (χ0) is 11.6. The predicted molar refractivity (Wildman–Crippen MR) is 48.9 cm³/mol. The van der Waals surface area contributed by atoms with E-state index in [1.165, 1.54) is 6.92 Å². The van der Waals surface area contributed by atoms with Gasteiger partial charge in [-0.3, -0.25) is 0 Å². The smallest absolute Gasteiger partial charge is 0.246 e. The van der Waals surface area contributed by atoms with E-state index in [0.29, 0.717) is 5.56 Å². The van der Waals surface area contributed by atoms with Crippen LogP contribution in [-0.4, -0.2) is 13.0 Å². The van der Waals surface area contributed by atoms with Gasteiger partial charge in [-0.15, -0.1) is 0 Å². The number of aryl methyl sites for hydroxylation is 1. The number of hydrogen-bond acceptors (Lipinski definition) is 1. The van der Waals surface area contributed by atoms with Gasteiger partial charge in [-0.25, -0.2) is 17.6 Å². The first-order valence-electron chi connectivity index (χ1n) is 4.41. The molecule has 0 saturated heterocycles. The highest BCUT2D eigenvalue weighted by molar-refractivity contribution is 5.29. The van der Waals surface area contributed by atoms with Crippen molar-refractivity contribution in [3.05, 3.63) is 34.9 Å². The molecule has 84 valence electrons. The molecule has 0 fully saturated rings. The second-order valence-corrected chi connectivity index (χ2v) is 3.32. The quantitative estimate of drug-likeness (QED) is 0.780. The standard InChI is InChI=1S/C10H11F4N/c1-5-2-7(11)9(8(12)3-5)6(4-15)10(13)14/h2-3,6,10H,4,15H2,1H3. The third-order valence-corrected chi connectivity index (χ3v) is 2.15. The Hall–Kier alpha value is -1.10. The zero-order valence-electron chi connectivity index (χ0n) is 8.11. The summed E-state index contributed by atoms with van der Waals surface area (Å²) in [6.45, 7) is 0.990. The average molecular weight is 221 g/mol. The Morgan fingerprint density at radius 3 is 2.00 bits per heavy atom. The molecule has 1 unspecified atom stereocenters. The van der Waals surface area contributed by atoms with E-state index in [1.807, 2.05) is 0 Å². The Bertz CT molecular complexity index is 328. The number of halogens is 4. The molecule has 1 aromatic rings. The summed E-state index contributed by atoms with van der Waals surface area (Å²) in [6, 6.07) is 2.03. The van der Waals surface area contributed by atoms with Crippen LogP contribution in [0.5, 0.6) is 0 Å². The van der Waals surface area contributed by atoms with Gasteiger partial charge in [-0.05, 0) is 24.6 Å². The molecule has 0 saturated carbocycles. The Morgan fingerprint density at radius 2 is 1.67 bits per heavy atom. The fourth-order valence-electron chi connectivity index (χ4n) is 1.41. The maximum absolute atomic E-state index is 13.3. The van der Waals surface area contributed by atoms with E-state index >= 15 is 0 Å². The first kappa shape index (κ1) is 12.0. The Labute approximate surface area is 84.9 Å². The number of hydrogen-bond donors (Lipinski definition) is 1. The summed E-state index contributed by atoms with van der Waals surface area (Å²) < 4.78 is 51.4. The Balaban J connectivity index is 3.23. The van der Waals surface area contributed by atoms with E-state index in [-0.39, 0.29) is 0 Å². The van der Waals surface area contributed by atoms with Crippen LogP contribution in [0.2, 0.25) is 0 Å². The van der Waals surface area contributed by atoms with Gasteiger partial charge >= 0.3 is 0 Å². The van der Waals surface area contributed by atoms with Crippen molar-refractivity contribution in [3.8, 4) is 0 Å². The van der Waals surface area contributed by atoms with Crippen molar-refractivity contribution in [1.82, 2.24) is 0 Å². The molecule has 0 bridgehead atoms. The van der Waals surface area contributed by atoms with Crippen molar-refractivity contribution in [3.63, 3.8) is 0 Å². The molecule has 0 aliphatic carbocycles. The van der Waals surface area contributed by atoms with E-state index in [9.17, 15) is 17.6 Å². The van der Waals surface area contributed by atoms with Gasteiger partial charge in [0.2, 0.25) is 6.43 Å². The van der Waals surface area contributed by atoms with Crippen molar-refractivity contribution in [2.24, 2.45) is 5.73 Å². The highest BCUT2D eigenvalue weighted by atomic mass is 19.3. The van der Waals surface area contributed by atoms with Gasteiger partial charge in [0, 0.05) is 12.1 Å². The molecule has 0 radical (unpaired) electrons. The van der Waals surface area contributed by atoms with Gasteiger partial charge in [-0.2, -0.15) is 0 Å². The molecule has 0 spiro atoms. The van der Waals surface area contributed by atoms with E-state index in [0.717, 1.165) is 12.1 Å². The normalized spacial score (nSPS) is 13.3. The van der Waals surface area contributed by atoms with E-state index in [2.05, 4.69) is 0 Å². The molecule has 0 aliphatic rings. The molecule has 5 heteroatoms. The second kappa shape index (κ2) is 4.61. The van der Waals surface area contributed by atoms with E-state index < -0.39 is 36.1 Å². The summed E-state index contributed by atoms with van der Waals surface area (Å²) in [7, 11) is 0. The van der Waals surface area contributed by atoms with Gasteiger partial charge in [0.1, 0.15) is 11.6 Å². The molecule has 1 rings (SSSR count). The van der Waals surface area contributed by atoms with Crippen molar-refractivity contribution < 1.29 is 17.6 Å². The van der Waals surface area contributed by atoms with Crippen LogP contribution in [0, 0.1) is 18.6 Å². The lowest BCUT2D eigenvalue weighted by molar-refractivity contribution is 0.113. The van der Waals surface area contributed by atoms with Crippen LogP contribution < -0.4 is 5.73 Å². The summed E-state index contributed by atoms with van der Waals surface area (Å²) in [5, 5.41) is 0. The fourth-order valence-corrected chi connectivity index (χ4v) is 1.41. The van der Waals surface area contributed by atoms with Gasteiger partial charge in [0.05, 0.1) is 5.92 Å². The van der Waals surface area contributed by atoms with Crippen LogP contribution in [0.15, 0.2) is 12.1 Å². The SMILES string of the molecule is Cc1cc(F)c(C(CN)C(F)F)c(F)c1. The van der Waals surface area contributed by atoms with Gasteiger partial charge in [-0.1, -0.05) is 0 Å². The zero-order valence-corrected chi connectivity index (χ0v) is 8.11. The van der Waals surface area contributed by atoms with Crippen molar-refractivity contribution in [1.29, 1.82) is 0 Å². The average Bonchev–Trinajstić information content (AvgIpc) is 2.09. The summed E-state index contributed by atoms with van der Waals surface area (Å²) in [4.78, 5) is 0. The minimum atomic E-state index is -2.87. The predicted octanol–water partition coefficient (Wildman–Crippen LogP) is 2.58. The van der Waals surface area contributed by atoms with Crippen LogP contribution >= 0.6 is 0 Å². The van der Waals surface area contributed by atoms with Crippen LogP contribution in [-0.2, 0) is 0 Å². The lowest BCUT2D eigenvalue weighted by Crippen LogP contribution is -2.22.